The van der Waals surface area contributed by atoms with E-state index in [-0.39, 0.29) is 11.2 Å². The van der Waals surface area contributed by atoms with Gasteiger partial charge in [-0.3, -0.25) is 0 Å². The van der Waals surface area contributed by atoms with Crippen LogP contribution in [0.15, 0.2) is 4.63 Å². The van der Waals surface area contributed by atoms with Crippen molar-refractivity contribution in [2.45, 2.75) is 50.7 Å². The predicted molar refractivity (Wildman–Crippen MR) is 48.6 cm³/mol. The van der Waals surface area contributed by atoms with E-state index in [2.05, 4.69) is 10.3 Å². The van der Waals surface area contributed by atoms with Crippen LogP contribution in [0.4, 0.5) is 0 Å². The first-order valence-corrected chi connectivity index (χ1v) is 5.18. The standard InChI is InChI=1S/C10H14N2O2/c1-9(2)7-8(12-14-11-7)10(13-9)5-3-4-6-10/h3-6H2,1-2H3. The van der Waals surface area contributed by atoms with E-state index in [1.54, 1.807) is 0 Å². The quantitative estimate of drug-likeness (QED) is 0.634. The van der Waals surface area contributed by atoms with Crippen LogP contribution >= 0.6 is 0 Å². The molecule has 0 unspecified atom stereocenters. The summed E-state index contributed by atoms with van der Waals surface area (Å²) in [5.74, 6) is 0. The second-order valence-corrected chi connectivity index (χ2v) is 4.78. The minimum Gasteiger partial charge on any atom is -0.356 e. The summed E-state index contributed by atoms with van der Waals surface area (Å²) in [4.78, 5) is 0. The van der Waals surface area contributed by atoms with Crippen molar-refractivity contribution < 1.29 is 9.37 Å². The summed E-state index contributed by atoms with van der Waals surface area (Å²) in [6.07, 6.45) is 4.53. The van der Waals surface area contributed by atoms with Crippen LogP contribution in [0.2, 0.25) is 0 Å². The Balaban J connectivity index is 2.15. The Labute approximate surface area is 82.6 Å². The van der Waals surface area contributed by atoms with E-state index >= 15 is 0 Å². The Morgan fingerprint density at radius 2 is 1.71 bits per heavy atom. The van der Waals surface area contributed by atoms with E-state index in [0.717, 1.165) is 24.2 Å². The van der Waals surface area contributed by atoms with Crippen molar-refractivity contribution in [3.8, 4) is 0 Å². The molecule has 1 aliphatic carbocycles. The summed E-state index contributed by atoms with van der Waals surface area (Å²) in [6.45, 7) is 4.06. The second-order valence-electron chi connectivity index (χ2n) is 4.78. The summed E-state index contributed by atoms with van der Waals surface area (Å²) < 4.78 is 11.0. The van der Waals surface area contributed by atoms with Gasteiger partial charge in [0.1, 0.15) is 22.6 Å². The monoisotopic (exact) mass is 194 g/mol. The molecule has 0 amide bonds. The third-order valence-electron chi connectivity index (χ3n) is 3.35. The Morgan fingerprint density at radius 1 is 1.07 bits per heavy atom. The molecule has 1 saturated carbocycles. The lowest BCUT2D eigenvalue weighted by atomic mass is 9.97. The van der Waals surface area contributed by atoms with Gasteiger partial charge >= 0.3 is 0 Å². The van der Waals surface area contributed by atoms with Crippen molar-refractivity contribution in [2.24, 2.45) is 0 Å². The number of hydrogen-bond acceptors (Lipinski definition) is 4. The van der Waals surface area contributed by atoms with Gasteiger partial charge in [0.25, 0.3) is 0 Å². The molecule has 4 heteroatoms. The number of aromatic nitrogens is 2. The number of rotatable bonds is 0. The fourth-order valence-corrected chi connectivity index (χ4v) is 2.75. The van der Waals surface area contributed by atoms with Gasteiger partial charge in [0, 0.05) is 0 Å². The van der Waals surface area contributed by atoms with Crippen LogP contribution in [0.25, 0.3) is 0 Å². The van der Waals surface area contributed by atoms with E-state index in [1.165, 1.54) is 12.8 Å². The minimum absolute atomic E-state index is 0.182. The summed E-state index contributed by atoms with van der Waals surface area (Å²) in [7, 11) is 0. The average Bonchev–Trinajstić information content (AvgIpc) is 2.70. The molecule has 1 fully saturated rings. The summed E-state index contributed by atoms with van der Waals surface area (Å²) in [6, 6.07) is 0. The number of hydrogen-bond donors (Lipinski definition) is 0. The third-order valence-corrected chi connectivity index (χ3v) is 3.35. The molecule has 0 bridgehead atoms. The molecule has 1 aliphatic heterocycles. The zero-order chi connectivity index (χ0) is 9.81. The van der Waals surface area contributed by atoms with Crippen molar-refractivity contribution in [1.82, 2.24) is 10.3 Å². The highest BCUT2D eigenvalue weighted by molar-refractivity contribution is 5.28. The number of ether oxygens (including phenoxy) is 1. The van der Waals surface area contributed by atoms with Gasteiger partial charge in [-0.15, -0.1) is 0 Å². The van der Waals surface area contributed by atoms with Crippen LogP contribution < -0.4 is 0 Å². The molecular formula is C10H14N2O2. The number of fused-ring (bicyclic) bond motifs is 2. The Morgan fingerprint density at radius 3 is 2.43 bits per heavy atom. The second kappa shape index (κ2) is 2.37. The molecule has 1 aromatic heterocycles. The van der Waals surface area contributed by atoms with Crippen molar-refractivity contribution in [3.63, 3.8) is 0 Å². The summed E-state index contributed by atoms with van der Waals surface area (Å²) >= 11 is 0. The lowest BCUT2D eigenvalue weighted by molar-refractivity contribution is -0.129. The Hall–Kier alpha value is -0.900. The molecule has 76 valence electrons. The van der Waals surface area contributed by atoms with Gasteiger partial charge in [0.15, 0.2) is 0 Å². The fourth-order valence-electron chi connectivity index (χ4n) is 2.75. The first kappa shape index (κ1) is 8.41. The molecule has 0 N–H and O–H groups in total. The van der Waals surface area contributed by atoms with Crippen molar-refractivity contribution in [2.75, 3.05) is 0 Å². The zero-order valence-electron chi connectivity index (χ0n) is 8.54. The fraction of sp³-hybridized carbons (Fsp3) is 0.800. The maximum absolute atomic E-state index is 6.12. The maximum atomic E-state index is 6.12. The average molecular weight is 194 g/mol. The van der Waals surface area contributed by atoms with Gasteiger partial charge < -0.3 is 4.74 Å². The van der Waals surface area contributed by atoms with Crippen LogP contribution in [0.5, 0.6) is 0 Å². The Kier molecular flexibility index (Phi) is 1.42. The van der Waals surface area contributed by atoms with Crippen molar-refractivity contribution >= 4 is 0 Å². The lowest BCUT2D eigenvalue weighted by Crippen LogP contribution is -2.26. The molecule has 0 radical (unpaired) electrons. The van der Waals surface area contributed by atoms with Gasteiger partial charge in [-0.2, -0.15) is 0 Å². The molecule has 0 atom stereocenters. The largest absolute Gasteiger partial charge is 0.356 e. The Bertz CT molecular complexity index is 364. The first-order valence-electron chi connectivity index (χ1n) is 5.18. The molecule has 2 heterocycles. The smallest absolute Gasteiger partial charge is 0.143 e. The number of nitrogens with zero attached hydrogens (tertiary/aromatic N) is 2. The summed E-state index contributed by atoms with van der Waals surface area (Å²) in [5.41, 5.74) is 1.32. The van der Waals surface area contributed by atoms with E-state index in [1.807, 2.05) is 13.8 Å². The minimum atomic E-state index is -0.334. The SMILES string of the molecule is CC1(C)OC2(CCCC2)c2nonc21. The van der Waals surface area contributed by atoms with Crippen LogP contribution in [-0.4, -0.2) is 10.3 Å². The molecule has 0 saturated heterocycles. The highest BCUT2D eigenvalue weighted by Crippen LogP contribution is 2.53. The van der Waals surface area contributed by atoms with Crippen LogP contribution in [0.3, 0.4) is 0 Å². The molecular weight excluding hydrogens is 180 g/mol. The predicted octanol–water partition coefficient (Wildman–Crippen LogP) is 2.10. The molecule has 3 rings (SSSR count). The van der Waals surface area contributed by atoms with Crippen LogP contribution in [-0.2, 0) is 15.9 Å². The van der Waals surface area contributed by atoms with Gasteiger partial charge in [0.05, 0.1) is 0 Å². The molecule has 4 nitrogen and oxygen atoms in total. The highest BCUT2D eigenvalue weighted by atomic mass is 16.6. The van der Waals surface area contributed by atoms with Crippen LogP contribution in [0.1, 0.15) is 50.9 Å². The van der Waals surface area contributed by atoms with Gasteiger partial charge in [-0.05, 0) is 26.7 Å². The third kappa shape index (κ3) is 0.869. The van der Waals surface area contributed by atoms with Gasteiger partial charge in [-0.1, -0.05) is 23.2 Å². The van der Waals surface area contributed by atoms with E-state index < -0.39 is 0 Å². The lowest BCUT2D eigenvalue weighted by Gasteiger charge is -2.26. The summed E-state index contributed by atoms with van der Waals surface area (Å²) in [5, 5.41) is 7.97. The topological polar surface area (TPSA) is 48.2 Å². The maximum Gasteiger partial charge on any atom is 0.143 e. The van der Waals surface area contributed by atoms with E-state index in [0.29, 0.717) is 0 Å². The molecule has 2 aliphatic rings. The van der Waals surface area contributed by atoms with Gasteiger partial charge in [0.2, 0.25) is 0 Å². The van der Waals surface area contributed by atoms with Crippen LogP contribution in [0, 0.1) is 0 Å². The van der Waals surface area contributed by atoms with Crippen molar-refractivity contribution in [3.05, 3.63) is 11.4 Å². The van der Waals surface area contributed by atoms with Crippen molar-refractivity contribution in [1.29, 1.82) is 0 Å². The molecule has 14 heavy (non-hydrogen) atoms. The van der Waals surface area contributed by atoms with E-state index in [4.69, 9.17) is 9.37 Å². The highest BCUT2D eigenvalue weighted by Gasteiger charge is 2.54. The molecule has 1 spiro atoms. The molecule has 0 aromatic carbocycles. The first-order chi connectivity index (χ1) is 6.64. The zero-order valence-corrected chi connectivity index (χ0v) is 8.54. The van der Waals surface area contributed by atoms with Gasteiger partial charge in [-0.25, -0.2) is 4.63 Å². The normalized spacial score (nSPS) is 27.0. The molecule has 1 aromatic rings. The van der Waals surface area contributed by atoms with E-state index in [9.17, 15) is 0 Å².